The molecular formula is C31H31ClN2O5. The number of aryl methyl sites for hydroxylation is 1. The van der Waals surface area contributed by atoms with Gasteiger partial charge in [0.25, 0.3) is 11.7 Å². The Hall–Kier alpha value is -3.65. The van der Waals surface area contributed by atoms with Crippen LogP contribution in [-0.2, 0) is 20.9 Å². The quantitative estimate of drug-likeness (QED) is 0.244. The lowest BCUT2D eigenvalue weighted by atomic mass is 9.95. The second kappa shape index (κ2) is 12.0. The van der Waals surface area contributed by atoms with E-state index in [1.54, 1.807) is 53.4 Å². The summed E-state index contributed by atoms with van der Waals surface area (Å²) in [4.78, 5) is 30.3. The van der Waals surface area contributed by atoms with E-state index >= 15 is 0 Å². The highest BCUT2D eigenvalue weighted by Crippen LogP contribution is 2.39. The van der Waals surface area contributed by atoms with E-state index in [0.717, 1.165) is 24.2 Å². The monoisotopic (exact) mass is 546 g/mol. The standard InChI is InChI=1S/C31H31ClN2O5/c1-21-3-2-4-22(19-21)20-39-26-11-7-24(8-12-26)29(35)27-28(23-5-9-25(32)10-6-23)34(31(37)30(27)36)14-13-33-15-17-38-18-16-33/h2-12,19,28,35H,13-18,20H2,1H3/b29-27+. The van der Waals surface area contributed by atoms with Gasteiger partial charge in [-0.25, -0.2) is 0 Å². The first-order valence-electron chi connectivity index (χ1n) is 13.0. The summed E-state index contributed by atoms with van der Waals surface area (Å²) in [6.07, 6.45) is 0. The van der Waals surface area contributed by atoms with Crippen LogP contribution in [0.15, 0.2) is 78.4 Å². The number of amides is 1. The molecule has 3 aromatic carbocycles. The molecule has 0 aliphatic carbocycles. The Balaban J connectivity index is 1.41. The van der Waals surface area contributed by atoms with Gasteiger partial charge in [-0.3, -0.25) is 14.5 Å². The number of Topliss-reactive ketones (excluding diaryl/α,β-unsaturated/α-hetero) is 1. The molecule has 0 bridgehead atoms. The molecule has 2 heterocycles. The van der Waals surface area contributed by atoms with E-state index in [1.165, 1.54) is 0 Å². The molecule has 0 spiro atoms. The first kappa shape index (κ1) is 26.9. The molecular weight excluding hydrogens is 516 g/mol. The number of nitrogens with zero attached hydrogens (tertiary/aromatic N) is 2. The summed E-state index contributed by atoms with van der Waals surface area (Å²) in [7, 11) is 0. The summed E-state index contributed by atoms with van der Waals surface area (Å²) in [5.41, 5.74) is 3.43. The number of carbonyl (C=O) groups is 2. The van der Waals surface area contributed by atoms with Crippen molar-refractivity contribution in [2.45, 2.75) is 19.6 Å². The fourth-order valence-electron chi connectivity index (χ4n) is 5.01. The molecule has 1 unspecified atom stereocenters. The molecule has 5 rings (SSSR count). The van der Waals surface area contributed by atoms with Gasteiger partial charge in [0, 0.05) is 36.8 Å². The summed E-state index contributed by atoms with van der Waals surface area (Å²) in [5.74, 6) is -0.905. The smallest absolute Gasteiger partial charge is 0.295 e. The largest absolute Gasteiger partial charge is 0.507 e. The highest BCUT2D eigenvalue weighted by molar-refractivity contribution is 6.46. The van der Waals surface area contributed by atoms with Crippen molar-refractivity contribution in [1.29, 1.82) is 0 Å². The van der Waals surface area contributed by atoms with Crippen LogP contribution in [0.3, 0.4) is 0 Å². The summed E-state index contributed by atoms with van der Waals surface area (Å²) < 4.78 is 11.3. The number of morpholine rings is 1. The summed E-state index contributed by atoms with van der Waals surface area (Å²) in [6.45, 7) is 6.23. The average Bonchev–Trinajstić information content (AvgIpc) is 3.21. The fraction of sp³-hybridized carbons (Fsp3) is 0.290. The van der Waals surface area contributed by atoms with Crippen molar-refractivity contribution < 1.29 is 24.2 Å². The Labute approximate surface area is 233 Å². The van der Waals surface area contributed by atoms with Crippen LogP contribution in [0.25, 0.3) is 5.76 Å². The number of ketones is 1. The number of halogens is 1. The van der Waals surface area contributed by atoms with Gasteiger partial charge in [0.05, 0.1) is 24.8 Å². The predicted octanol–water partition coefficient (Wildman–Crippen LogP) is 4.98. The molecule has 7 nitrogen and oxygen atoms in total. The van der Waals surface area contributed by atoms with Crippen LogP contribution < -0.4 is 4.74 Å². The molecule has 0 radical (unpaired) electrons. The molecule has 3 aromatic rings. The molecule has 2 aliphatic heterocycles. The summed E-state index contributed by atoms with van der Waals surface area (Å²) in [6, 6.07) is 21.3. The van der Waals surface area contributed by atoms with Crippen molar-refractivity contribution in [3.05, 3.63) is 106 Å². The second-order valence-electron chi connectivity index (χ2n) is 9.80. The van der Waals surface area contributed by atoms with Crippen LogP contribution in [0.2, 0.25) is 5.02 Å². The highest BCUT2D eigenvalue weighted by Gasteiger charge is 2.46. The highest BCUT2D eigenvalue weighted by atomic mass is 35.5. The average molecular weight is 547 g/mol. The van der Waals surface area contributed by atoms with Gasteiger partial charge < -0.3 is 19.5 Å². The number of ether oxygens (including phenoxy) is 2. The Morgan fingerprint density at radius 2 is 1.72 bits per heavy atom. The molecule has 2 fully saturated rings. The van der Waals surface area contributed by atoms with Gasteiger partial charge in [0.1, 0.15) is 18.1 Å². The van der Waals surface area contributed by atoms with Crippen molar-refractivity contribution in [3.63, 3.8) is 0 Å². The molecule has 8 heteroatoms. The zero-order valence-electron chi connectivity index (χ0n) is 21.8. The third kappa shape index (κ3) is 6.17. The number of aliphatic hydroxyl groups excluding tert-OH is 1. The van der Waals surface area contributed by atoms with Gasteiger partial charge in [-0.1, -0.05) is 53.6 Å². The van der Waals surface area contributed by atoms with Gasteiger partial charge in [-0.2, -0.15) is 0 Å². The maximum atomic E-state index is 13.3. The van der Waals surface area contributed by atoms with Crippen LogP contribution in [-0.4, -0.2) is 66.0 Å². The van der Waals surface area contributed by atoms with Crippen LogP contribution in [0.4, 0.5) is 0 Å². The zero-order valence-corrected chi connectivity index (χ0v) is 22.6. The minimum atomic E-state index is -0.722. The Bertz CT molecular complexity index is 1360. The van der Waals surface area contributed by atoms with E-state index in [9.17, 15) is 14.7 Å². The second-order valence-corrected chi connectivity index (χ2v) is 10.2. The molecule has 202 valence electrons. The van der Waals surface area contributed by atoms with Crippen molar-refractivity contribution in [1.82, 2.24) is 9.80 Å². The minimum absolute atomic E-state index is 0.0673. The van der Waals surface area contributed by atoms with E-state index in [4.69, 9.17) is 21.1 Å². The van der Waals surface area contributed by atoms with Crippen molar-refractivity contribution in [2.75, 3.05) is 39.4 Å². The molecule has 2 aliphatic rings. The lowest BCUT2D eigenvalue weighted by Gasteiger charge is -2.31. The molecule has 1 atom stereocenters. The maximum absolute atomic E-state index is 13.3. The Morgan fingerprint density at radius 3 is 2.41 bits per heavy atom. The topological polar surface area (TPSA) is 79.3 Å². The zero-order chi connectivity index (χ0) is 27.4. The molecule has 1 amide bonds. The lowest BCUT2D eigenvalue weighted by Crippen LogP contribution is -2.42. The SMILES string of the molecule is Cc1cccc(COc2ccc(/C(O)=C3\C(=O)C(=O)N(CCN4CCOCC4)C3c3ccc(Cl)cc3)cc2)c1. The predicted molar refractivity (Wildman–Crippen MR) is 150 cm³/mol. The number of aliphatic hydroxyl groups is 1. The molecule has 2 saturated heterocycles. The Kier molecular flexibility index (Phi) is 8.31. The third-order valence-electron chi connectivity index (χ3n) is 7.10. The Morgan fingerprint density at radius 1 is 1.00 bits per heavy atom. The number of hydrogen-bond acceptors (Lipinski definition) is 6. The van der Waals surface area contributed by atoms with Gasteiger partial charge in [0.15, 0.2) is 0 Å². The van der Waals surface area contributed by atoms with Gasteiger partial charge >= 0.3 is 0 Å². The number of carbonyl (C=O) groups excluding carboxylic acids is 2. The minimum Gasteiger partial charge on any atom is -0.507 e. The van der Waals surface area contributed by atoms with E-state index in [0.29, 0.717) is 54.8 Å². The van der Waals surface area contributed by atoms with Gasteiger partial charge in [0.2, 0.25) is 0 Å². The van der Waals surface area contributed by atoms with Gasteiger partial charge in [-0.15, -0.1) is 0 Å². The maximum Gasteiger partial charge on any atom is 0.295 e. The van der Waals surface area contributed by atoms with Crippen LogP contribution in [0.5, 0.6) is 5.75 Å². The lowest BCUT2D eigenvalue weighted by molar-refractivity contribution is -0.140. The third-order valence-corrected chi connectivity index (χ3v) is 7.35. The molecule has 0 saturated carbocycles. The van der Waals surface area contributed by atoms with Crippen molar-refractivity contribution in [2.24, 2.45) is 0 Å². The van der Waals surface area contributed by atoms with Crippen LogP contribution in [0.1, 0.15) is 28.3 Å². The van der Waals surface area contributed by atoms with Crippen molar-refractivity contribution in [3.8, 4) is 5.75 Å². The van der Waals surface area contributed by atoms with Gasteiger partial charge in [-0.05, 0) is 54.4 Å². The number of hydrogen-bond donors (Lipinski definition) is 1. The fourth-order valence-corrected chi connectivity index (χ4v) is 5.14. The van der Waals surface area contributed by atoms with E-state index in [-0.39, 0.29) is 11.3 Å². The first-order valence-corrected chi connectivity index (χ1v) is 13.4. The van der Waals surface area contributed by atoms with E-state index < -0.39 is 17.7 Å². The first-order chi connectivity index (χ1) is 18.9. The number of benzene rings is 3. The number of rotatable bonds is 8. The normalized spacial score (nSPS) is 19.4. The van der Waals surface area contributed by atoms with Crippen LogP contribution >= 0.6 is 11.6 Å². The summed E-state index contributed by atoms with van der Waals surface area (Å²) >= 11 is 6.12. The van der Waals surface area contributed by atoms with E-state index in [2.05, 4.69) is 11.0 Å². The molecule has 1 N–H and O–H groups in total. The summed E-state index contributed by atoms with van der Waals surface area (Å²) in [5, 5.41) is 11.9. The molecule has 39 heavy (non-hydrogen) atoms. The van der Waals surface area contributed by atoms with Crippen molar-refractivity contribution >= 4 is 29.1 Å². The number of likely N-dealkylation sites (tertiary alicyclic amines) is 1. The van der Waals surface area contributed by atoms with Crippen LogP contribution in [0, 0.1) is 6.92 Å². The van der Waals surface area contributed by atoms with E-state index in [1.807, 2.05) is 25.1 Å². The molecule has 0 aromatic heterocycles.